The molecule has 2 aromatic carbocycles. The summed E-state index contributed by atoms with van der Waals surface area (Å²) in [5.41, 5.74) is -3.42. The monoisotopic (exact) mass is 625 g/mol. The zero-order valence-electron chi connectivity index (χ0n) is 18.7. The van der Waals surface area contributed by atoms with Gasteiger partial charge in [0.15, 0.2) is 0 Å². The molecular formula is C23H23F3INO6S. The number of nitrogens with zero attached hydrogens (tertiary/aromatic N) is 1. The first-order chi connectivity index (χ1) is 16.4. The molecular weight excluding hydrogens is 602 g/mol. The summed E-state index contributed by atoms with van der Waals surface area (Å²) in [5, 5.41) is 0.919. The molecule has 0 spiro atoms. The summed E-state index contributed by atoms with van der Waals surface area (Å²) < 4.78 is 67.9. The summed E-state index contributed by atoms with van der Waals surface area (Å²) in [4.78, 5) is 28.7. The summed E-state index contributed by atoms with van der Waals surface area (Å²) >= 11 is -3.44. The topological polar surface area (TPSA) is 90.0 Å². The molecule has 1 fully saturated rings. The van der Waals surface area contributed by atoms with Gasteiger partial charge in [0.05, 0.1) is 0 Å². The van der Waals surface area contributed by atoms with E-state index in [0.717, 1.165) is 16.2 Å². The van der Waals surface area contributed by atoms with E-state index >= 15 is 0 Å². The minimum absolute atomic E-state index is 0.0492. The van der Waals surface area contributed by atoms with Gasteiger partial charge in [-0.05, 0) is 0 Å². The van der Waals surface area contributed by atoms with Crippen molar-refractivity contribution in [1.29, 1.82) is 0 Å². The molecule has 0 N–H and O–H groups in total. The fourth-order valence-electron chi connectivity index (χ4n) is 3.06. The molecule has 190 valence electrons. The summed E-state index contributed by atoms with van der Waals surface area (Å²) in [6.07, 6.45) is 1.61. The van der Waals surface area contributed by atoms with Crippen LogP contribution < -0.4 is 0 Å². The Balaban J connectivity index is 1.66. The number of aryl methyl sites for hydroxylation is 2. The molecule has 12 heteroatoms. The Morgan fingerprint density at radius 3 is 2.14 bits per heavy atom. The van der Waals surface area contributed by atoms with Gasteiger partial charge >= 0.3 is 209 Å². The predicted octanol–water partition coefficient (Wildman–Crippen LogP) is 5.24. The van der Waals surface area contributed by atoms with Crippen molar-refractivity contribution in [2.24, 2.45) is 0 Å². The average molecular weight is 625 g/mol. The first-order valence-corrected chi connectivity index (χ1v) is 14.9. The van der Waals surface area contributed by atoms with Crippen LogP contribution in [0.25, 0.3) is 0 Å². The van der Waals surface area contributed by atoms with Gasteiger partial charge < -0.3 is 0 Å². The van der Waals surface area contributed by atoms with Crippen LogP contribution >= 0.6 is 20.2 Å². The molecule has 2 aromatic rings. The van der Waals surface area contributed by atoms with E-state index in [9.17, 15) is 31.2 Å². The Labute approximate surface area is 208 Å². The zero-order valence-corrected chi connectivity index (χ0v) is 21.7. The van der Waals surface area contributed by atoms with Gasteiger partial charge in [-0.25, -0.2) is 0 Å². The van der Waals surface area contributed by atoms with Crippen molar-refractivity contribution in [3.63, 3.8) is 0 Å². The van der Waals surface area contributed by atoms with Crippen molar-refractivity contribution >= 4 is 42.2 Å². The third kappa shape index (κ3) is 7.04. The normalized spacial score (nSPS) is 14.9. The van der Waals surface area contributed by atoms with E-state index in [1.165, 1.54) is 0 Å². The molecule has 3 rings (SSSR count). The Morgan fingerprint density at radius 2 is 1.63 bits per heavy atom. The van der Waals surface area contributed by atoms with Crippen molar-refractivity contribution < 1.29 is 38.5 Å². The molecule has 0 saturated carbocycles. The number of allylic oxidation sites excluding steroid dienone is 1. The number of carbonyl (C=O) groups is 2. The van der Waals surface area contributed by atoms with Gasteiger partial charge in [0.2, 0.25) is 0 Å². The van der Waals surface area contributed by atoms with Gasteiger partial charge in [-0.3, -0.25) is 0 Å². The third-order valence-corrected chi connectivity index (χ3v) is 12.0. The summed E-state index contributed by atoms with van der Waals surface area (Å²) in [6, 6.07) is 12.9. The van der Waals surface area contributed by atoms with Crippen molar-refractivity contribution in [3.8, 4) is 0 Å². The van der Waals surface area contributed by atoms with Crippen molar-refractivity contribution in [3.05, 3.63) is 79.1 Å². The number of halogens is 4. The van der Waals surface area contributed by atoms with Gasteiger partial charge in [-0.2, -0.15) is 0 Å². The van der Waals surface area contributed by atoms with Crippen LogP contribution in [-0.4, -0.2) is 30.9 Å². The van der Waals surface area contributed by atoms with E-state index in [2.05, 4.69) is 6.58 Å². The van der Waals surface area contributed by atoms with Crippen LogP contribution in [0.4, 0.5) is 13.2 Å². The molecule has 7 nitrogen and oxygen atoms in total. The van der Waals surface area contributed by atoms with Crippen LogP contribution in [0.3, 0.4) is 0 Å². The van der Waals surface area contributed by atoms with Crippen LogP contribution in [0.15, 0.2) is 60.8 Å². The second kappa shape index (κ2) is 11.1. The van der Waals surface area contributed by atoms with E-state index in [-0.39, 0.29) is 18.7 Å². The fraction of sp³-hybridized carbons (Fsp3) is 0.304. The van der Waals surface area contributed by atoms with Gasteiger partial charge in [0.1, 0.15) is 0 Å². The Bertz CT molecular complexity index is 1180. The van der Waals surface area contributed by atoms with Crippen LogP contribution in [0, 0.1) is 14.1 Å². The quantitative estimate of drug-likeness (QED) is 0.280. The van der Waals surface area contributed by atoms with Crippen LogP contribution in [0.5, 0.6) is 0 Å². The molecule has 0 aromatic heterocycles. The van der Waals surface area contributed by atoms with Gasteiger partial charge in [0, 0.05) is 0 Å². The molecule has 0 bridgehead atoms. The van der Waals surface area contributed by atoms with E-state index < -0.39 is 41.8 Å². The summed E-state index contributed by atoms with van der Waals surface area (Å²) in [7, 11) is -5.77. The molecule has 0 atom stereocenters. The molecule has 0 radical (unpaired) electrons. The summed E-state index contributed by atoms with van der Waals surface area (Å²) in [5.74, 6) is -0.891. The molecule has 0 aliphatic carbocycles. The fourth-order valence-corrected chi connectivity index (χ4v) is 9.47. The van der Waals surface area contributed by atoms with Gasteiger partial charge in [0.25, 0.3) is 0 Å². The minimum atomic E-state index is -5.77. The van der Waals surface area contributed by atoms with E-state index in [1.54, 1.807) is 55.5 Å². The molecule has 0 unspecified atom stereocenters. The number of alkyl halides is 3. The number of hydroxylamine groups is 2. The predicted molar refractivity (Wildman–Crippen MR) is 129 cm³/mol. The first-order valence-electron chi connectivity index (χ1n) is 10.5. The van der Waals surface area contributed by atoms with E-state index in [0.29, 0.717) is 32.1 Å². The van der Waals surface area contributed by atoms with Crippen LogP contribution in [0.1, 0.15) is 36.8 Å². The van der Waals surface area contributed by atoms with Gasteiger partial charge in [-0.1, -0.05) is 0 Å². The second-order valence-corrected chi connectivity index (χ2v) is 14.2. The maximum absolute atomic E-state index is 13.0. The molecule has 1 aliphatic heterocycles. The second-order valence-electron chi connectivity index (χ2n) is 7.70. The molecule has 1 heterocycles. The van der Waals surface area contributed by atoms with Crippen molar-refractivity contribution in [2.45, 2.75) is 44.5 Å². The van der Waals surface area contributed by atoms with Crippen LogP contribution in [-0.2, 0) is 33.5 Å². The van der Waals surface area contributed by atoms with Gasteiger partial charge in [-0.15, -0.1) is 0 Å². The SMILES string of the molecule is C=C1CCC(=O)N1OC(=O)CCCc1ccc(I(OS(=O)(=O)C(F)(F)F)c2ccc(C)cc2)cc1. The van der Waals surface area contributed by atoms with E-state index in [1.807, 2.05) is 0 Å². The maximum atomic E-state index is 13.0. The Morgan fingerprint density at radius 1 is 1.06 bits per heavy atom. The Hall–Kier alpha value is -2.45. The number of benzene rings is 2. The standard InChI is InChI=1S/C23H23F3INO6S/c1-16-6-11-19(12-7-16)27(34-35(31,32)23(24,25)26)20-13-9-18(10-14-20)4-3-5-22(30)33-28-17(2)8-15-21(28)29/h6-7,9-14H,2-5,8,15H2,1H3. The number of carbonyl (C=O) groups excluding carboxylic acids is 2. The molecule has 1 saturated heterocycles. The van der Waals surface area contributed by atoms with E-state index in [4.69, 9.17) is 7.35 Å². The molecule has 1 aliphatic rings. The van der Waals surface area contributed by atoms with Crippen molar-refractivity contribution in [1.82, 2.24) is 5.06 Å². The number of hydrogen-bond donors (Lipinski definition) is 0. The first kappa shape index (κ1) is 27.1. The summed E-state index contributed by atoms with van der Waals surface area (Å²) in [6.45, 7) is 5.48. The Kier molecular flexibility index (Phi) is 8.59. The zero-order chi connectivity index (χ0) is 25.8. The number of hydrogen-bond acceptors (Lipinski definition) is 6. The molecule has 35 heavy (non-hydrogen) atoms. The molecule has 1 amide bonds. The number of rotatable bonds is 9. The number of amides is 1. The third-order valence-electron chi connectivity index (χ3n) is 4.93. The average Bonchev–Trinajstić information content (AvgIpc) is 3.10. The van der Waals surface area contributed by atoms with Crippen molar-refractivity contribution in [2.75, 3.05) is 0 Å². The van der Waals surface area contributed by atoms with Crippen LogP contribution in [0.2, 0.25) is 0 Å².